The third-order valence-electron chi connectivity index (χ3n) is 3.68. The lowest BCUT2D eigenvalue weighted by atomic mass is 10.0. The second-order valence-electron chi connectivity index (χ2n) is 4.64. The Bertz CT molecular complexity index is 369. The van der Waals surface area contributed by atoms with E-state index in [-0.39, 0.29) is 0 Å². The Morgan fingerprint density at radius 3 is 2.94 bits per heavy atom. The monoisotopic (exact) mass is 297 g/mol. The van der Waals surface area contributed by atoms with Crippen LogP contribution in [0.15, 0.2) is 22.9 Å². The highest BCUT2D eigenvalue weighted by molar-refractivity contribution is 9.10. The van der Waals surface area contributed by atoms with Gasteiger partial charge < -0.3 is 10.6 Å². The maximum atomic E-state index is 5.87. The smallest absolute Gasteiger partial charge is 0.0566 e. The molecule has 0 radical (unpaired) electrons. The maximum absolute atomic E-state index is 5.87. The van der Waals surface area contributed by atoms with Gasteiger partial charge in [-0.3, -0.25) is 4.98 Å². The van der Waals surface area contributed by atoms with Crippen LogP contribution in [0.3, 0.4) is 0 Å². The zero-order valence-electron chi connectivity index (χ0n) is 10.3. The van der Waals surface area contributed by atoms with Gasteiger partial charge in [-0.25, -0.2) is 0 Å². The van der Waals surface area contributed by atoms with Crippen LogP contribution in [-0.2, 0) is 0 Å². The number of aromatic nitrogens is 1. The number of rotatable bonds is 4. The number of nitrogens with zero attached hydrogens (tertiary/aromatic N) is 2. The van der Waals surface area contributed by atoms with E-state index in [1.54, 1.807) is 0 Å². The minimum absolute atomic E-state index is 0.584. The summed E-state index contributed by atoms with van der Waals surface area (Å²) in [4.78, 5) is 6.70. The first kappa shape index (κ1) is 12.8. The quantitative estimate of drug-likeness (QED) is 0.929. The molecule has 1 fully saturated rings. The van der Waals surface area contributed by atoms with Gasteiger partial charge >= 0.3 is 0 Å². The number of anilines is 1. The molecule has 0 spiro atoms. The Kier molecular flexibility index (Phi) is 4.40. The molecule has 0 bridgehead atoms. The van der Waals surface area contributed by atoms with E-state index in [4.69, 9.17) is 5.73 Å². The Labute approximate surface area is 112 Å². The highest BCUT2D eigenvalue weighted by Crippen LogP contribution is 2.32. The van der Waals surface area contributed by atoms with E-state index in [2.05, 4.69) is 38.8 Å². The summed E-state index contributed by atoms with van der Waals surface area (Å²) in [5.74, 6) is 0.633. The summed E-state index contributed by atoms with van der Waals surface area (Å²) in [6, 6.07) is 2.73. The molecule has 94 valence electrons. The molecule has 17 heavy (non-hydrogen) atoms. The lowest BCUT2D eigenvalue weighted by molar-refractivity contribution is 0.461. The third-order valence-corrected chi connectivity index (χ3v) is 4.12. The van der Waals surface area contributed by atoms with Gasteiger partial charge in [0.2, 0.25) is 0 Å². The summed E-state index contributed by atoms with van der Waals surface area (Å²) in [7, 11) is 0. The van der Waals surface area contributed by atoms with Gasteiger partial charge in [-0.15, -0.1) is 0 Å². The molecule has 3 nitrogen and oxygen atoms in total. The van der Waals surface area contributed by atoms with Gasteiger partial charge in [0, 0.05) is 23.3 Å². The van der Waals surface area contributed by atoms with Crippen molar-refractivity contribution in [1.29, 1.82) is 0 Å². The molecule has 4 heteroatoms. The largest absolute Gasteiger partial charge is 0.367 e. The van der Waals surface area contributed by atoms with E-state index in [1.807, 2.05) is 12.4 Å². The van der Waals surface area contributed by atoms with Crippen molar-refractivity contribution in [1.82, 2.24) is 4.98 Å². The van der Waals surface area contributed by atoms with Crippen molar-refractivity contribution in [3.05, 3.63) is 22.9 Å². The van der Waals surface area contributed by atoms with Crippen molar-refractivity contribution in [2.45, 2.75) is 32.2 Å². The molecule has 0 aliphatic heterocycles. The van der Waals surface area contributed by atoms with Gasteiger partial charge in [0.05, 0.1) is 11.9 Å². The lowest BCUT2D eigenvalue weighted by Gasteiger charge is -2.33. The summed E-state index contributed by atoms with van der Waals surface area (Å²) in [6.45, 7) is 4.01. The van der Waals surface area contributed by atoms with Gasteiger partial charge in [-0.05, 0) is 54.2 Å². The minimum Gasteiger partial charge on any atom is -0.367 e. The maximum Gasteiger partial charge on any atom is 0.0566 e. The molecule has 1 aromatic heterocycles. The van der Waals surface area contributed by atoms with Crippen LogP contribution < -0.4 is 10.6 Å². The summed E-state index contributed by atoms with van der Waals surface area (Å²) in [6.07, 6.45) is 7.58. The van der Waals surface area contributed by atoms with Gasteiger partial charge in [0.1, 0.15) is 0 Å². The van der Waals surface area contributed by atoms with Crippen LogP contribution in [0.2, 0.25) is 0 Å². The van der Waals surface area contributed by atoms with Gasteiger partial charge in [0.15, 0.2) is 0 Å². The van der Waals surface area contributed by atoms with Crippen molar-refractivity contribution < 1.29 is 0 Å². The molecule has 1 aromatic rings. The van der Waals surface area contributed by atoms with Crippen LogP contribution in [0.5, 0.6) is 0 Å². The molecule has 1 aliphatic carbocycles. The Balaban J connectivity index is 2.21. The molecule has 2 rings (SSSR count). The summed E-state index contributed by atoms with van der Waals surface area (Å²) < 4.78 is 1.04. The Morgan fingerprint density at radius 1 is 1.47 bits per heavy atom. The highest BCUT2D eigenvalue weighted by atomic mass is 79.9. The predicted molar refractivity (Wildman–Crippen MR) is 75.1 cm³/mol. The van der Waals surface area contributed by atoms with Crippen LogP contribution in [0.25, 0.3) is 0 Å². The normalized spacial score (nSPS) is 23.9. The molecule has 1 saturated carbocycles. The average molecular weight is 298 g/mol. The zero-order valence-corrected chi connectivity index (χ0v) is 11.9. The van der Waals surface area contributed by atoms with Crippen LogP contribution in [-0.4, -0.2) is 24.1 Å². The molecule has 0 saturated heterocycles. The first-order valence-electron chi connectivity index (χ1n) is 6.33. The summed E-state index contributed by atoms with van der Waals surface area (Å²) in [5, 5.41) is 0. The Hall–Kier alpha value is -0.610. The fourth-order valence-corrected chi connectivity index (χ4v) is 3.22. The number of halogens is 1. The van der Waals surface area contributed by atoms with Crippen molar-refractivity contribution in [3.63, 3.8) is 0 Å². The van der Waals surface area contributed by atoms with Crippen LogP contribution >= 0.6 is 15.9 Å². The number of pyridine rings is 1. The van der Waals surface area contributed by atoms with Crippen molar-refractivity contribution in [3.8, 4) is 0 Å². The van der Waals surface area contributed by atoms with Crippen LogP contribution in [0.4, 0.5) is 5.69 Å². The molecular formula is C13H20BrN3. The third kappa shape index (κ3) is 2.80. The fourth-order valence-electron chi connectivity index (χ4n) is 2.87. The Morgan fingerprint density at radius 2 is 2.29 bits per heavy atom. The standard InChI is InChI=1S/C13H20BrN3/c1-2-17(12-6-11(14)8-16-9-12)13-5-3-4-10(13)7-15/h6,8-10,13H,2-5,7,15H2,1H3. The zero-order chi connectivity index (χ0) is 12.3. The highest BCUT2D eigenvalue weighted by Gasteiger charge is 2.30. The lowest BCUT2D eigenvalue weighted by Crippen LogP contribution is -2.40. The first-order chi connectivity index (χ1) is 8.26. The molecule has 1 aliphatic rings. The second-order valence-corrected chi connectivity index (χ2v) is 5.56. The molecule has 0 aromatic carbocycles. The second kappa shape index (κ2) is 5.83. The van der Waals surface area contributed by atoms with E-state index in [0.717, 1.165) is 17.6 Å². The molecule has 0 amide bonds. The van der Waals surface area contributed by atoms with E-state index in [0.29, 0.717) is 12.0 Å². The van der Waals surface area contributed by atoms with Crippen molar-refractivity contribution in [2.75, 3.05) is 18.0 Å². The van der Waals surface area contributed by atoms with Crippen molar-refractivity contribution in [2.24, 2.45) is 11.7 Å². The fraction of sp³-hybridized carbons (Fsp3) is 0.615. The van der Waals surface area contributed by atoms with Gasteiger partial charge in [-0.2, -0.15) is 0 Å². The summed E-state index contributed by atoms with van der Waals surface area (Å²) in [5.41, 5.74) is 7.07. The topological polar surface area (TPSA) is 42.2 Å². The van der Waals surface area contributed by atoms with Gasteiger partial charge in [-0.1, -0.05) is 6.42 Å². The molecule has 2 unspecified atom stereocenters. The van der Waals surface area contributed by atoms with Crippen LogP contribution in [0, 0.1) is 5.92 Å². The molecule has 1 heterocycles. The summed E-state index contributed by atoms with van der Waals surface area (Å²) >= 11 is 3.49. The van der Waals surface area contributed by atoms with E-state index in [9.17, 15) is 0 Å². The number of hydrogen-bond donors (Lipinski definition) is 1. The van der Waals surface area contributed by atoms with Gasteiger partial charge in [0.25, 0.3) is 0 Å². The minimum atomic E-state index is 0.584. The van der Waals surface area contributed by atoms with Crippen LogP contribution in [0.1, 0.15) is 26.2 Å². The number of nitrogens with two attached hydrogens (primary N) is 1. The molecular weight excluding hydrogens is 278 g/mol. The molecule has 2 atom stereocenters. The SMILES string of the molecule is CCN(c1cncc(Br)c1)C1CCCC1CN. The van der Waals surface area contributed by atoms with E-state index < -0.39 is 0 Å². The average Bonchev–Trinajstić information content (AvgIpc) is 2.78. The molecule has 2 N–H and O–H groups in total. The van der Waals surface area contributed by atoms with E-state index in [1.165, 1.54) is 24.9 Å². The van der Waals surface area contributed by atoms with E-state index >= 15 is 0 Å². The first-order valence-corrected chi connectivity index (χ1v) is 7.12. The predicted octanol–water partition coefficient (Wildman–Crippen LogP) is 2.80. The van der Waals surface area contributed by atoms with Crippen molar-refractivity contribution >= 4 is 21.6 Å². The number of hydrogen-bond acceptors (Lipinski definition) is 3.